The molecule has 2 amide bonds. The number of likely N-dealkylation sites (tertiary alicyclic amines) is 1. The summed E-state index contributed by atoms with van der Waals surface area (Å²) in [4.78, 5) is 28.8. The fraction of sp³-hybridized carbons (Fsp3) is 0.360. The lowest BCUT2D eigenvalue weighted by Gasteiger charge is -2.27. The van der Waals surface area contributed by atoms with Crippen molar-refractivity contribution in [2.75, 3.05) is 14.1 Å². The summed E-state index contributed by atoms with van der Waals surface area (Å²) in [5, 5.41) is 0. The number of hydrogen-bond donors (Lipinski definition) is 0. The topological polar surface area (TPSA) is 49.9 Å². The number of halogens is 1. The minimum Gasteiger partial charge on any atom is -0.443 e. The number of amides is 2. The zero-order valence-corrected chi connectivity index (χ0v) is 18.7. The van der Waals surface area contributed by atoms with Crippen LogP contribution in [0.4, 0.5) is 9.18 Å². The molecule has 3 rings (SSSR count). The van der Waals surface area contributed by atoms with Gasteiger partial charge in [0, 0.05) is 32.3 Å². The zero-order valence-electron chi connectivity index (χ0n) is 18.7. The molecule has 2 aromatic rings. The third-order valence-corrected chi connectivity index (χ3v) is 4.90. The molecular weight excluding hydrogens is 395 g/mol. The molecule has 0 saturated carbocycles. The van der Waals surface area contributed by atoms with Crippen LogP contribution < -0.4 is 0 Å². The summed E-state index contributed by atoms with van der Waals surface area (Å²) in [6.45, 7) is 5.34. The molecule has 1 aliphatic rings. The number of ether oxygens (including phenoxy) is 1. The quantitative estimate of drug-likeness (QED) is 0.647. The number of imide groups is 1. The van der Waals surface area contributed by atoms with Crippen LogP contribution in [0.2, 0.25) is 0 Å². The molecule has 2 aromatic carbocycles. The lowest BCUT2D eigenvalue weighted by atomic mass is 9.99. The maximum absolute atomic E-state index is 13.5. The van der Waals surface area contributed by atoms with Crippen molar-refractivity contribution >= 4 is 12.0 Å². The van der Waals surface area contributed by atoms with E-state index in [0.29, 0.717) is 18.4 Å². The predicted molar refractivity (Wildman–Crippen MR) is 119 cm³/mol. The number of nitrogens with zero attached hydrogens (tertiary/aromatic N) is 2. The highest BCUT2D eigenvalue weighted by Crippen LogP contribution is 2.30. The molecule has 0 aromatic heterocycles. The Morgan fingerprint density at radius 2 is 1.84 bits per heavy atom. The summed E-state index contributed by atoms with van der Waals surface area (Å²) in [5.41, 5.74) is 2.58. The van der Waals surface area contributed by atoms with Gasteiger partial charge in [-0.1, -0.05) is 36.4 Å². The number of rotatable bonds is 4. The predicted octanol–water partition coefficient (Wildman–Crippen LogP) is 5.02. The van der Waals surface area contributed by atoms with Gasteiger partial charge in [0.1, 0.15) is 11.4 Å². The summed E-state index contributed by atoms with van der Waals surface area (Å²) in [7, 11) is 3.69. The van der Waals surface area contributed by atoms with E-state index in [-0.39, 0.29) is 17.8 Å². The highest BCUT2D eigenvalue weighted by Gasteiger charge is 2.41. The molecule has 1 aliphatic heterocycles. The van der Waals surface area contributed by atoms with Crippen molar-refractivity contribution in [3.05, 3.63) is 71.7 Å². The molecule has 0 N–H and O–H groups in total. The van der Waals surface area contributed by atoms with Crippen LogP contribution >= 0.6 is 0 Å². The maximum Gasteiger partial charge on any atom is 0.417 e. The smallest absolute Gasteiger partial charge is 0.417 e. The van der Waals surface area contributed by atoms with Gasteiger partial charge < -0.3 is 9.64 Å². The van der Waals surface area contributed by atoms with E-state index in [1.54, 1.807) is 37.9 Å². The first-order valence-corrected chi connectivity index (χ1v) is 10.3. The summed E-state index contributed by atoms with van der Waals surface area (Å²) >= 11 is 0. The third-order valence-electron chi connectivity index (χ3n) is 4.90. The van der Waals surface area contributed by atoms with Crippen LogP contribution in [0, 0.1) is 5.82 Å². The Hall–Kier alpha value is -3.15. The van der Waals surface area contributed by atoms with E-state index >= 15 is 0 Å². The number of carbonyl (C=O) groups is 2. The molecule has 164 valence electrons. The molecule has 1 saturated heterocycles. The van der Waals surface area contributed by atoms with Crippen LogP contribution in [0.1, 0.15) is 32.8 Å². The monoisotopic (exact) mass is 424 g/mol. The lowest BCUT2D eigenvalue weighted by Crippen LogP contribution is -2.43. The van der Waals surface area contributed by atoms with Crippen LogP contribution in [0.3, 0.4) is 0 Å². The second-order valence-corrected chi connectivity index (χ2v) is 9.04. The van der Waals surface area contributed by atoms with Crippen molar-refractivity contribution in [3.8, 4) is 11.1 Å². The Kier molecular flexibility index (Phi) is 6.48. The molecule has 0 spiro atoms. The second kappa shape index (κ2) is 8.92. The normalized spacial score (nSPS) is 17.9. The Labute approximate surface area is 183 Å². The minimum absolute atomic E-state index is 0.278. The Bertz CT molecular complexity index is 991. The van der Waals surface area contributed by atoms with Crippen LogP contribution in [0.5, 0.6) is 0 Å². The molecule has 0 bridgehead atoms. The molecule has 1 heterocycles. The molecule has 0 radical (unpaired) electrons. The molecule has 5 nitrogen and oxygen atoms in total. The summed E-state index contributed by atoms with van der Waals surface area (Å²) < 4.78 is 19.0. The molecule has 1 fully saturated rings. The number of carbonyl (C=O) groups excluding carboxylic acids is 2. The molecule has 31 heavy (non-hydrogen) atoms. The van der Waals surface area contributed by atoms with E-state index < -0.39 is 11.7 Å². The largest absolute Gasteiger partial charge is 0.443 e. The fourth-order valence-corrected chi connectivity index (χ4v) is 3.65. The molecule has 0 unspecified atom stereocenters. The second-order valence-electron chi connectivity index (χ2n) is 9.04. The van der Waals surface area contributed by atoms with Crippen molar-refractivity contribution in [3.63, 3.8) is 0 Å². The van der Waals surface area contributed by atoms with Crippen LogP contribution in [0.15, 0.2) is 60.3 Å². The SMILES string of the molecule is CN(C)/C=C1\C[C@@H](Cc2ccc(-c3cccc(F)c3)cc2)N(C(=O)OC(C)(C)C)C1=O. The first-order valence-electron chi connectivity index (χ1n) is 10.3. The van der Waals surface area contributed by atoms with Crippen LogP contribution in [-0.4, -0.2) is 47.5 Å². The highest BCUT2D eigenvalue weighted by atomic mass is 19.1. The van der Waals surface area contributed by atoms with Gasteiger partial charge in [-0.2, -0.15) is 0 Å². The van der Waals surface area contributed by atoms with Gasteiger partial charge in [-0.3, -0.25) is 4.79 Å². The molecule has 1 atom stereocenters. The summed E-state index contributed by atoms with van der Waals surface area (Å²) in [5.74, 6) is -0.594. The van der Waals surface area contributed by atoms with Gasteiger partial charge in [-0.15, -0.1) is 0 Å². The van der Waals surface area contributed by atoms with Crippen molar-refractivity contribution < 1.29 is 18.7 Å². The average molecular weight is 425 g/mol. The fourth-order valence-electron chi connectivity index (χ4n) is 3.65. The van der Waals surface area contributed by atoms with Crippen molar-refractivity contribution in [2.24, 2.45) is 0 Å². The van der Waals surface area contributed by atoms with E-state index in [1.165, 1.54) is 17.0 Å². The van der Waals surface area contributed by atoms with E-state index in [1.807, 2.05) is 44.4 Å². The van der Waals surface area contributed by atoms with Crippen LogP contribution in [-0.2, 0) is 16.0 Å². The van der Waals surface area contributed by atoms with E-state index in [2.05, 4.69) is 0 Å². The third kappa shape index (κ3) is 5.72. The Morgan fingerprint density at radius 1 is 1.16 bits per heavy atom. The van der Waals surface area contributed by atoms with Gasteiger partial charge in [-0.05, 0) is 56.0 Å². The maximum atomic E-state index is 13.5. The Morgan fingerprint density at radius 3 is 2.42 bits per heavy atom. The first kappa shape index (κ1) is 22.5. The average Bonchev–Trinajstić information content (AvgIpc) is 2.95. The van der Waals surface area contributed by atoms with Crippen molar-refractivity contribution in [1.29, 1.82) is 0 Å². The molecular formula is C25H29FN2O3. The molecule has 6 heteroatoms. The van der Waals surface area contributed by atoms with Crippen molar-refractivity contribution in [2.45, 2.75) is 45.3 Å². The Balaban J connectivity index is 1.83. The zero-order chi connectivity index (χ0) is 22.8. The highest BCUT2D eigenvalue weighted by molar-refractivity contribution is 6.05. The van der Waals surface area contributed by atoms with Gasteiger partial charge in [0.25, 0.3) is 5.91 Å². The van der Waals surface area contributed by atoms with Gasteiger partial charge in [0.05, 0.1) is 6.04 Å². The number of benzene rings is 2. The summed E-state index contributed by atoms with van der Waals surface area (Å²) in [6.07, 6.45) is 2.11. The van der Waals surface area contributed by atoms with E-state index in [0.717, 1.165) is 16.7 Å². The van der Waals surface area contributed by atoms with Crippen LogP contribution in [0.25, 0.3) is 11.1 Å². The van der Waals surface area contributed by atoms with Crippen molar-refractivity contribution in [1.82, 2.24) is 9.80 Å². The van der Waals surface area contributed by atoms with E-state index in [9.17, 15) is 14.0 Å². The summed E-state index contributed by atoms with van der Waals surface area (Å²) in [6, 6.07) is 13.9. The van der Waals surface area contributed by atoms with Gasteiger partial charge in [0.15, 0.2) is 0 Å². The number of hydrogen-bond acceptors (Lipinski definition) is 4. The van der Waals surface area contributed by atoms with Gasteiger partial charge >= 0.3 is 6.09 Å². The molecule has 0 aliphatic carbocycles. The van der Waals surface area contributed by atoms with Gasteiger partial charge in [0.2, 0.25) is 0 Å². The van der Waals surface area contributed by atoms with E-state index in [4.69, 9.17) is 4.74 Å². The minimum atomic E-state index is -0.692. The standard InChI is InChI=1S/C25H29FN2O3/c1-25(2,3)31-24(30)28-22(15-20(23(28)29)16-27(4)5)13-17-9-11-18(12-10-17)19-7-6-8-21(26)14-19/h6-12,14,16,22H,13,15H2,1-5H3/b20-16+/t22-/m1/s1. The first-order chi connectivity index (χ1) is 14.5. The lowest BCUT2D eigenvalue weighted by molar-refractivity contribution is -0.125. The van der Waals surface area contributed by atoms with Gasteiger partial charge in [-0.25, -0.2) is 14.1 Å².